The average Bonchev–Trinajstić information content (AvgIpc) is 3.10. The molecule has 2 atom stereocenters. The Labute approximate surface area is 147 Å². The van der Waals surface area contributed by atoms with Crippen molar-refractivity contribution in [2.75, 3.05) is 20.8 Å². The highest BCUT2D eigenvalue weighted by atomic mass is 35.5. The van der Waals surface area contributed by atoms with Crippen LogP contribution in [0.1, 0.15) is 31.7 Å². The first kappa shape index (κ1) is 17.1. The van der Waals surface area contributed by atoms with Crippen LogP contribution in [0.5, 0.6) is 11.5 Å². The number of rotatable bonds is 5. The van der Waals surface area contributed by atoms with Gasteiger partial charge in [-0.2, -0.15) is 0 Å². The molecular weight excluding hydrogens is 328 g/mol. The van der Waals surface area contributed by atoms with Crippen LogP contribution in [-0.4, -0.2) is 35.5 Å². The summed E-state index contributed by atoms with van der Waals surface area (Å²) in [4.78, 5) is 4.52. The van der Waals surface area contributed by atoms with Crippen molar-refractivity contribution in [2.24, 2.45) is 5.92 Å². The Balaban J connectivity index is 1.99. The highest BCUT2D eigenvalue weighted by Crippen LogP contribution is 2.43. The number of nitrogens with zero attached hydrogens (tertiary/aromatic N) is 2. The van der Waals surface area contributed by atoms with Crippen LogP contribution < -0.4 is 9.47 Å². The van der Waals surface area contributed by atoms with E-state index in [1.54, 1.807) is 20.4 Å². The minimum absolute atomic E-state index is 0.248. The summed E-state index contributed by atoms with van der Waals surface area (Å²) in [7, 11) is 3.17. The largest absolute Gasteiger partial charge is 0.493 e. The molecule has 2 aromatic rings. The molecule has 1 heterocycles. The normalized spacial score (nSPS) is 20.8. The zero-order valence-electron chi connectivity index (χ0n) is 14.0. The monoisotopic (exact) mass is 350 g/mol. The van der Waals surface area contributed by atoms with Crippen LogP contribution in [0, 0.1) is 5.92 Å². The molecule has 0 spiro atoms. The first-order chi connectivity index (χ1) is 11.7. The van der Waals surface area contributed by atoms with Gasteiger partial charge in [0.2, 0.25) is 0 Å². The molecule has 0 aliphatic heterocycles. The van der Waals surface area contributed by atoms with Gasteiger partial charge in [-0.1, -0.05) is 18.0 Å². The van der Waals surface area contributed by atoms with E-state index < -0.39 is 0 Å². The Morgan fingerprint density at radius 2 is 2.12 bits per heavy atom. The fraction of sp³-hybridized carbons (Fsp3) is 0.500. The molecule has 1 aliphatic rings. The van der Waals surface area contributed by atoms with Crippen molar-refractivity contribution in [2.45, 2.75) is 31.7 Å². The second kappa shape index (κ2) is 7.45. The second-order valence-electron chi connectivity index (χ2n) is 6.19. The average molecular weight is 351 g/mol. The topological polar surface area (TPSA) is 56.5 Å². The van der Waals surface area contributed by atoms with Crippen LogP contribution >= 0.6 is 11.6 Å². The molecule has 0 radical (unpaired) electrons. The number of benzene rings is 1. The van der Waals surface area contributed by atoms with Gasteiger partial charge in [-0.05, 0) is 37.3 Å². The third kappa shape index (κ3) is 3.10. The summed E-state index contributed by atoms with van der Waals surface area (Å²) in [5, 5.41) is 9.99. The summed E-state index contributed by atoms with van der Waals surface area (Å²) in [5.74, 6) is 2.30. The summed E-state index contributed by atoms with van der Waals surface area (Å²) in [6.45, 7) is 0.248. The first-order valence-electron chi connectivity index (χ1n) is 8.24. The van der Waals surface area contributed by atoms with Crippen LogP contribution in [0.2, 0.25) is 5.02 Å². The third-order valence-corrected chi connectivity index (χ3v) is 5.18. The van der Waals surface area contributed by atoms with Crippen molar-refractivity contribution in [3.63, 3.8) is 0 Å². The van der Waals surface area contributed by atoms with Crippen molar-refractivity contribution in [3.8, 4) is 22.9 Å². The van der Waals surface area contributed by atoms with E-state index in [9.17, 15) is 5.11 Å². The Bertz CT molecular complexity index is 702. The Kier molecular flexibility index (Phi) is 5.31. The predicted octanol–water partition coefficient (Wildman–Crippen LogP) is 3.94. The molecule has 1 N–H and O–H groups in total. The van der Waals surface area contributed by atoms with E-state index >= 15 is 0 Å². The maximum absolute atomic E-state index is 9.49. The molecule has 0 bridgehead atoms. The van der Waals surface area contributed by atoms with Crippen molar-refractivity contribution in [1.29, 1.82) is 0 Å². The quantitative estimate of drug-likeness (QED) is 0.887. The number of aliphatic hydroxyl groups excluding tert-OH is 1. The predicted molar refractivity (Wildman–Crippen MR) is 93.9 cm³/mol. The maximum Gasteiger partial charge on any atom is 0.180 e. The molecule has 0 saturated heterocycles. The van der Waals surface area contributed by atoms with Gasteiger partial charge in [0.1, 0.15) is 5.82 Å². The van der Waals surface area contributed by atoms with E-state index in [2.05, 4.69) is 9.55 Å². The lowest BCUT2D eigenvalue weighted by Crippen LogP contribution is -2.21. The fourth-order valence-electron chi connectivity index (χ4n) is 3.56. The van der Waals surface area contributed by atoms with E-state index in [0.29, 0.717) is 28.5 Å². The van der Waals surface area contributed by atoms with E-state index in [4.69, 9.17) is 21.1 Å². The second-order valence-corrected chi connectivity index (χ2v) is 6.57. The summed E-state index contributed by atoms with van der Waals surface area (Å²) in [6.07, 6.45) is 8.05. The van der Waals surface area contributed by atoms with Crippen molar-refractivity contribution in [3.05, 3.63) is 29.5 Å². The molecule has 130 valence electrons. The number of ether oxygens (including phenoxy) is 2. The number of hydrogen-bond donors (Lipinski definition) is 1. The summed E-state index contributed by atoms with van der Waals surface area (Å²) in [5.41, 5.74) is 0.824. The lowest BCUT2D eigenvalue weighted by Gasteiger charge is -2.30. The highest BCUT2D eigenvalue weighted by molar-refractivity contribution is 6.35. The van der Waals surface area contributed by atoms with Gasteiger partial charge in [0.25, 0.3) is 0 Å². The number of methoxy groups -OCH3 is 2. The van der Waals surface area contributed by atoms with E-state index in [1.807, 2.05) is 18.3 Å². The Morgan fingerprint density at radius 1 is 1.29 bits per heavy atom. The number of aromatic nitrogens is 2. The minimum Gasteiger partial charge on any atom is -0.493 e. The smallest absolute Gasteiger partial charge is 0.180 e. The number of hydrogen-bond acceptors (Lipinski definition) is 4. The molecule has 0 amide bonds. The SMILES string of the molecule is COc1ccc(-c2nccn2[C@@H]2CCC[C@@H](CO)C2)c(Cl)c1OC. The molecule has 1 aromatic carbocycles. The van der Waals surface area contributed by atoms with Gasteiger partial charge >= 0.3 is 0 Å². The molecule has 6 heteroatoms. The van der Waals surface area contributed by atoms with E-state index in [0.717, 1.165) is 37.1 Å². The highest BCUT2D eigenvalue weighted by Gasteiger charge is 2.26. The van der Waals surface area contributed by atoms with Gasteiger partial charge < -0.3 is 19.1 Å². The Hall–Kier alpha value is -1.72. The van der Waals surface area contributed by atoms with E-state index in [1.165, 1.54) is 0 Å². The lowest BCUT2D eigenvalue weighted by atomic mass is 9.86. The number of aliphatic hydroxyl groups is 1. The third-order valence-electron chi connectivity index (χ3n) is 4.80. The first-order valence-corrected chi connectivity index (χ1v) is 8.61. The van der Waals surface area contributed by atoms with E-state index in [-0.39, 0.29) is 6.61 Å². The molecule has 1 fully saturated rings. The zero-order chi connectivity index (χ0) is 17.1. The van der Waals surface area contributed by atoms with Gasteiger partial charge in [-0.25, -0.2) is 4.98 Å². The number of halogens is 1. The lowest BCUT2D eigenvalue weighted by molar-refractivity contribution is 0.163. The van der Waals surface area contributed by atoms with Crippen LogP contribution in [0.15, 0.2) is 24.5 Å². The van der Waals surface area contributed by atoms with Gasteiger partial charge in [-0.3, -0.25) is 0 Å². The molecule has 3 rings (SSSR count). The van der Waals surface area contributed by atoms with Gasteiger partial charge in [-0.15, -0.1) is 0 Å². The Morgan fingerprint density at radius 3 is 2.83 bits per heavy atom. The molecule has 1 aromatic heterocycles. The van der Waals surface area contributed by atoms with Crippen molar-refractivity contribution >= 4 is 11.6 Å². The summed E-state index contributed by atoms with van der Waals surface area (Å²) < 4.78 is 12.9. The van der Waals surface area contributed by atoms with Crippen LogP contribution in [0.3, 0.4) is 0 Å². The molecule has 0 unspecified atom stereocenters. The molecule has 1 saturated carbocycles. The standard InChI is InChI=1S/C18H23ClN2O3/c1-23-15-7-6-14(16(19)17(15)24-2)18-20-8-9-21(18)13-5-3-4-12(10-13)11-22/h6-9,12-13,22H,3-5,10-11H2,1-2H3/t12-,13-/m1/s1. The molecular formula is C18H23ClN2O3. The minimum atomic E-state index is 0.248. The zero-order valence-corrected chi connectivity index (χ0v) is 14.8. The summed E-state index contributed by atoms with van der Waals surface area (Å²) >= 11 is 6.55. The van der Waals surface area contributed by atoms with Crippen LogP contribution in [0.4, 0.5) is 0 Å². The van der Waals surface area contributed by atoms with Crippen LogP contribution in [-0.2, 0) is 0 Å². The molecule has 1 aliphatic carbocycles. The van der Waals surface area contributed by atoms with Crippen molar-refractivity contribution < 1.29 is 14.6 Å². The van der Waals surface area contributed by atoms with Gasteiger partial charge in [0.15, 0.2) is 11.5 Å². The molecule has 5 nitrogen and oxygen atoms in total. The number of imidazole rings is 1. The summed E-state index contributed by atoms with van der Waals surface area (Å²) in [6, 6.07) is 4.09. The van der Waals surface area contributed by atoms with Crippen molar-refractivity contribution in [1.82, 2.24) is 9.55 Å². The van der Waals surface area contributed by atoms with Gasteiger partial charge in [0, 0.05) is 30.6 Å². The van der Waals surface area contributed by atoms with Crippen LogP contribution in [0.25, 0.3) is 11.4 Å². The molecule has 24 heavy (non-hydrogen) atoms. The maximum atomic E-state index is 9.49. The fourth-order valence-corrected chi connectivity index (χ4v) is 3.88. The van der Waals surface area contributed by atoms with Gasteiger partial charge in [0.05, 0.1) is 19.2 Å².